The zero-order chi connectivity index (χ0) is 16.8. The molecule has 0 aromatic heterocycles. The number of aliphatic hydroxyl groups is 1. The van der Waals surface area contributed by atoms with Gasteiger partial charge in [-0.05, 0) is 61.5 Å². The summed E-state index contributed by atoms with van der Waals surface area (Å²) in [6, 6.07) is 4.92. The van der Waals surface area contributed by atoms with E-state index in [4.69, 9.17) is 23.2 Å². The summed E-state index contributed by atoms with van der Waals surface area (Å²) in [7, 11) is 0. The molecule has 1 aliphatic rings. The SMILES string of the molecule is CC(CC(=O)NCC(O)c1cc(Cl)cc(Cl)c1)C1CCCNC1.Cl. The fourth-order valence-electron chi connectivity index (χ4n) is 2.99. The highest BCUT2D eigenvalue weighted by molar-refractivity contribution is 6.34. The highest BCUT2D eigenvalue weighted by Crippen LogP contribution is 2.24. The molecule has 1 aromatic carbocycles. The molecule has 3 atom stereocenters. The van der Waals surface area contributed by atoms with Gasteiger partial charge in [-0.15, -0.1) is 12.4 Å². The first-order chi connectivity index (χ1) is 11.0. The molecule has 1 aliphatic heterocycles. The minimum atomic E-state index is -0.818. The molecule has 3 unspecified atom stereocenters. The van der Waals surface area contributed by atoms with E-state index in [-0.39, 0.29) is 24.9 Å². The third-order valence-corrected chi connectivity index (χ3v) is 4.85. The topological polar surface area (TPSA) is 61.4 Å². The fourth-order valence-corrected chi connectivity index (χ4v) is 3.53. The lowest BCUT2D eigenvalue weighted by Gasteiger charge is -2.28. The summed E-state index contributed by atoms with van der Waals surface area (Å²) >= 11 is 11.8. The minimum Gasteiger partial charge on any atom is -0.387 e. The monoisotopic (exact) mass is 394 g/mol. The number of hydrogen-bond donors (Lipinski definition) is 3. The molecule has 0 aliphatic carbocycles. The summed E-state index contributed by atoms with van der Waals surface area (Å²) in [6.45, 7) is 4.33. The Kier molecular flexibility index (Phi) is 9.39. The number of rotatable bonds is 6. The van der Waals surface area contributed by atoms with E-state index in [1.807, 2.05) is 0 Å². The molecule has 2 rings (SSSR count). The second-order valence-electron chi connectivity index (χ2n) is 6.31. The van der Waals surface area contributed by atoms with Gasteiger partial charge in [-0.1, -0.05) is 30.1 Å². The van der Waals surface area contributed by atoms with E-state index < -0.39 is 6.10 Å². The molecule has 1 fully saturated rings. The van der Waals surface area contributed by atoms with Gasteiger partial charge in [0.25, 0.3) is 0 Å². The van der Waals surface area contributed by atoms with Gasteiger partial charge in [-0.2, -0.15) is 0 Å². The van der Waals surface area contributed by atoms with Crippen molar-refractivity contribution >= 4 is 41.5 Å². The molecule has 1 heterocycles. The molecule has 24 heavy (non-hydrogen) atoms. The lowest BCUT2D eigenvalue weighted by molar-refractivity contribution is -0.122. The second-order valence-corrected chi connectivity index (χ2v) is 7.18. The molecular weight excluding hydrogens is 371 g/mol. The summed E-state index contributed by atoms with van der Waals surface area (Å²) in [5.41, 5.74) is 0.604. The highest BCUT2D eigenvalue weighted by Gasteiger charge is 2.22. The van der Waals surface area contributed by atoms with Crippen LogP contribution >= 0.6 is 35.6 Å². The van der Waals surface area contributed by atoms with E-state index in [9.17, 15) is 9.90 Å². The Morgan fingerprint density at radius 2 is 2.04 bits per heavy atom. The Morgan fingerprint density at radius 1 is 1.38 bits per heavy atom. The first-order valence-electron chi connectivity index (χ1n) is 8.07. The molecule has 1 saturated heterocycles. The standard InChI is InChI=1S/C17H24Cl2N2O2.ClH/c1-11(12-3-2-4-20-9-12)5-17(23)21-10-16(22)13-6-14(18)8-15(19)7-13;/h6-8,11-12,16,20,22H,2-5,9-10H2,1H3,(H,21,23);1H. The molecule has 0 saturated carbocycles. The van der Waals surface area contributed by atoms with Crippen LogP contribution in [-0.4, -0.2) is 30.6 Å². The van der Waals surface area contributed by atoms with E-state index in [2.05, 4.69) is 17.6 Å². The van der Waals surface area contributed by atoms with E-state index >= 15 is 0 Å². The van der Waals surface area contributed by atoms with Gasteiger partial charge in [0.15, 0.2) is 0 Å². The summed E-state index contributed by atoms with van der Waals surface area (Å²) in [6.07, 6.45) is 2.01. The van der Waals surface area contributed by atoms with Gasteiger partial charge in [-0.3, -0.25) is 4.79 Å². The largest absolute Gasteiger partial charge is 0.387 e. The van der Waals surface area contributed by atoms with Crippen molar-refractivity contribution in [1.82, 2.24) is 10.6 Å². The van der Waals surface area contributed by atoms with Crippen LogP contribution in [0.5, 0.6) is 0 Å². The number of hydrogen-bond acceptors (Lipinski definition) is 3. The van der Waals surface area contributed by atoms with Crippen LogP contribution in [-0.2, 0) is 4.79 Å². The van der Waals surface area contributed by atoms with Gasteiger partial charge >= 0.3 is 0 Å². The predicted octanol–water partition coefficient (Wildman–Crippen LogP) is 3.59. The third kappa shape index (κ3) is 6.77. The van der Waals surface area contributed by atoms with Crippen LogP contribution in [0.3, 0.4) is 0 Å². The number of carbonyl (C=O) groups is 1. The predicted molar refractivity (Wildman–Crippen MR) is 101 cm³/mol. The van der Waals surface area contributed by atoms with Crippen molar-refractivity contribution in [2.45, 2.75) is 32.3 Å². The first kappa shape index (κ1) is 21.5. The number of amides is 1. The number of halogens is 3. The molecule has 3 N–H and O–H groups in total. The molecule has 0 spiro atoms. The van der Waals surface area contributed by atoms with Crippen LogP contribution in [0.2, 0.25) is 10.0 Å². The van der Waals surface area contributed by atoms with Crippen LogP contribution in [0.4, 0.5) is 0 Å². The zero-order valence-electron chi connectivity index (χ0n) is 13.7. The normalized spacial score (nSPS) is 19.9. The van der Waals surface area contributed by atoms with E-state index in [1.165, 1.54) is 12.8 Å². The highest BCUT2D eigenvalue weighted by atomic mass is 35.5. The van der Waals surface area contributed by atoms with E-state index in [0.29, 0.717) is 33.9 Å². The second kappa shape index (κ2) is 10.5. The summed E-state index contributed by atoms with van der Waals surface area (Å²) in [4.78, 5) is 12.1. The quantitative estimate of drug-likeness (QED) is 0.690. The van der Waals surface area contributed by atoms with Crippen molar-refractivity contribution < 1.29 is 9.90 Å². The Morgan fingerprint density at radius 3 is 2.62 bits per heavy atom. The van der Waals surface area contributed by atoms with Crippen LogP contribution in [0.15, 0.2) is 18.2 Å². The molecule has 0 bridgehead atoms. The van der Waals surface area contributed by atoms with Gasteiger partial charge in [0.1, 0.15) is 0 Å². The zero-order valence-corrected chi connectivity index (χ0v) is 16.1. The number of aliphatic hydroxyl groups excluding tert-OH is 1. The molecule has 1 amide bonds. The van der Waals surface area contributed by atoms with Crippen molar-refractivity contribution in [3.05, 3.63) is 33.8 Å². The number of benzene rings is 1. The van der Waals surface area contributed by atoms with Crippen molar-refractivity contribution in [1.29, 1.82) is 0 Å². The molecule has 0 radical (unpaired) electrons. The molecule has 1 aromatic rings. The van der Waals surface area contributed by atoms with E-state index in [1.54, 1.807) is 18.2 Å². The van der Waals surface area contributed by atoms with Crippen LogP contribution in [0, 0.1) is 11.8 Å². The van der Waals surface area contributed by atoms with Gasteiger partial charge < -0.3 is 15.7 Å². The van der Waals surface area contributed by atoms with Crippen LogP contribution in [0.1, 0.15) is 37.9 Å². The Labute approximate surface area is 159 Å². The van der Waals surface area contributed by atoms with Gasteiger partial charge in [0.2, 0.25) is 5.91 Å². The number of carbonyl (C=O) groups excluding carboxylic acids is 1. The van der Waals surface area contributed by atoms with Gasteiger partial charge in [0.05, 0.1) is 6.10 Å². The first-order valence-corrected chi connectivity index (χ1v) is 8.82. The van der Waals surface area contributed by atoms with Crippen molar-refractivity contribution in [3.63, 3.8) is 0 Å². The van der Waals surface area contributed by atoms with Gasteiger partial charge in [-0.25, -0.2) is 0 Å². The lowest BCUT2D eigenvalue weighted by atomic mass is 9.85. The molecule has 7 heteroatoms. The average Bonchev–Trinajstić information content (AvgIpc) is 2.52. The third-order valence-electron chi connectivity index (χ3n) is 4.41. The molecule has 136 valence electrons. The van der Waals surface area contributed by atoms with Crippen molar-refractivity contribution in [2.24, 2.45) is 11.8 Å². The van der Waals surface area contributed by atoms with Crippen LogP contribution < -0.4 is 10.6 Å². The summed E-state index contributed by atoms with van der Waals surface area (Å²) < 4.78 is 0. The van der Waals surface area contributed by atoms with Crippen LogP contribution in [0.25, 0.3) is 0 Å². The summed E-state index contributed by atoms with van der Waals surface area (Å²) in [5.74, 6) is 0.849. The minimum absolute atomic E-state index is 0. The number of piperidine rings is 1. The van der Waals surface area contributed by atoms with Crippen molar-refractivity contribution in [2.75, 3.05) is 19.6 Å². The Bertz CT molecular complexity index is 516. The fraction of sp³-hybridized carbons (Fsp3) is 0.588. The maximum absolute atomic E-state index is 12.1. The summed E-state index contributed by atoms with van der Waals surface area (Å²) in [5, 5.41) is 17.3. The maximum atomic E-state index is 12.1. The Hall–Kier alpha value is -0.520. The molecular formula is C17H25Cl3N2O2. The van der Waals surface area contributed by atoms with Gasteiger partial charge in [0, 0.05) is 23.0 Å². The van der Waals surface area contributed by atoms with Crippen molar-refractivity contribution in [3.8, 4) is 0 Å². The maximum Gasteiger partial charge on any atom is 0.220 e. The average molecular weight is 396 g/mol. The number of nitrogens with one attached hydrogen (secondary N) is 2. The smallest absolute Gasteiger partial charge is 0.220 e. The Balaban J connectivity index is 0.00000288. The van der Waals surface area contributed by atoms with E-state index in [0.717, 1.165) is 13.1 Å². The molecule has 4 nitrogen and oxygen atoms in total. The lowest BCUT2D eigenvalue weighted by Crippen LogP contribution is -2.36.